The number of amides is 1. The molecule has 1 amide bonds. The number of benzene rings is 2. The van der Waals surface area contributed by atoms with Crippen molar-refractivity contribution in [3.63, 3.8) is 0 Å². The summed E-state index contributed by atoms with van der Waals surface area (Å²) < 4.78 is 21.8. The van der Waals surface area contributed by atoms with Gasteiger partial charge in [0.15, 0.2) is 17.1 Å². The molecule has 0 saturated heterocycles. The number of anilines is 1. The Morgan fingerprint density at radius 2 is 1.94 bits per heavy atom. The summed E-state index contributed by atoms with van der Waals surface area (Å²) in [5.74, 6) is 1.18. The van der Waals surface area contributed by atoms with Crippen LogP contribution in [0.5, 0.6) is 5.75 Å². The Labute approximate surface area is 204 Å². The summed E-state index contributed by atoms with van der Waals surface area (Å²) in [5, 5.41) is 12.6. The molecule has 6 nitrogen and oxygen atoms in total. The second-order valence-corrected chi connectivity index (χ2v) is 9.73. The number of hydrogen-bond acceptors (Lipinski definition) is 5. The van der Waals surface area contributed by atoms with Crippen molar-refractivity contribution in [2.24, 2.45) is 5.92 Å². The molecule has 1 heterocycles. The molecule has 0 saturated carbocycles. The van der Waals surface area contributed by atoms with Gasteiger partial charge in [-0.2, -0.15) is 0 Å². The van der Waals surface area contributed by atoms with Crippen molar-refractivity contribution < 1.29 is 13.9 Å². The molecule has 1 aromatic heterocycles. The maximum Gasteiger partial charge on any atom is 0.234 e. The lowest BCUT2D eigenvalue weighted by Gasteiger charge is -2.17. The molecule has 170 valence electrons. The summed E-state index contributed by atoms with van der Waals surface area (Å²) in [6, 6.07) is 11.1. The Balaban J connectivity index is 1.69. The average Bonchev–Trinajstić information content (AvgIpc) is 3.13. The van der Waals surface area contributed by atoms with Gasteiger partial charge in [0.25, 0.3) is 0 Å². The van der Waals surface area contributed by atoms with E-state index in [2.05, 4.69) is 45.3 Å². The van der Waals surface area contributed by atoms with E-state index >= 15 is 0 Å². The highest BCUT2D eigenvalue weighted by molar-refractivity contribution is 9.10. The molecular weight excluding hydrogens is 519 g/mol. The zero-order valence-electron chi connectivity index (χ0n) is 17.8. The molecule has 0 bridgehead atoms. The van der Waals surface area contributed by atoms with Crippen LogP contribution in [-0.2, 0) is 11.3 Å². The number of ether oxygens (including phenoxy) is 1. The van der Waals surface area contributed by atoms with Crippen LogP contribution in [0.3, 0.4) is 0 Å². The van der Waals surface area contributed by atoms with Crippen LogP contribution in [0.2, 0.25) is 5.02 Å². The van der Waals surface area contributed by atoms with Gasteiger partial charge in [-0.1, -0.05) is 37.2 Å². The largest absolute Gasteiger partial charge is 0.483 e. The number of nitrogens with zero attached hydrogens (tertiary/aromatic N) is 3. The first-order valence-electron chi connectivity index (χ1n) is 9.96. The van der Waals surface area contributed by atoms with E-state index in [1.54, 1.807) is 30.3 Å². The number of halogens is 3. The molecule has 0 aliphatic heterocycles. The van der Waals surface area contributed by atoms with Crippen molar-refractivity contribution in [2.75, 3.05) is 11.1 Å². The van der Waals surface area contributed by atoms with Gasteiger partial charge in [0, 0.05) is 16.7 Å². The highest BCUT2D eigenvalue weighted by atomic mass is 79.9. The summed E-state index contributed by atoms with van der Waals surface area (Å²) in [5.41, 5.74) is 0.620. The first-order chi connectivity index (χ1) is 15.2. The third-order valence-electron chi connectivity index (χ3n) is 4.32. The molecule has 1 N–H and O–H groups in total. The number of thioether (sulfide) groups is 1. The third-order valence-corrected chi connectivity index (χ3v) is 6.52. The van der Waals surface area contributed by atoms with Crippen molar-refractivity contribution in [1.82, 2.24) is 14.8 Å². The van der Waals surface area contributed by atoms with E-state index in [1.165, 1.54) is 23.9 Å². The molecule has 3 rings (SSSR count). The van der Waals surface area contributed by atoms with Gasteiger partial charge in [-0.05, 0) is 71.2 Å². The summed E-state index contributed by atoms with van der Waals surface area (Å²) in [4.78, 5) is 12.4. The van der Waals surface area contributed by atoms with Crippen LogP contribution < -0.4 is 10.1 Å². The number of carbonyl (C=O) groups is 1. The van der Waals surface area contributed by atoms with Crippen LogP contribution in [0.25, 0.3) is 0 Å². The number of carbonyl (C=O) groups excluding carboxylic acids is 1. The molecule has 0 spiro atoms. The lowest BCUT2D eigenvalue weighted by molar-refractivity contribution is -0.113. The van der Waals surface area contributed by atoms with E-state index in [0.29, 0.717) is 39.9 Å². The number of rotatable bonds is 9. The average molecular weight is 542 g/mol. The van der Waals surface area contributed by atoms with Gasteiger partial charge in [0.05, 0.1) is 10.8 Å². The Morgan fingerprint density at radius 3 is 2.59 bits per heavy atom. The standard InChI is InChI=1S/C22H23BrClFN4O2S/c1-13(2)11-29-21(14(3)31-17-7-4-15(25)5-8-17)27-28-22(29)32-12-20(30)26-16-6-9-18(23)19(24)10-16/h4-10,13-14H,11-12H2,1-3H3,(H,26,30). The molecule has 0 aliphatic rings. The fourth-order valence-corrected chi connectivity index (χ4v) is 4.10. The van der Waals surface area contributed by atoms with Crippen molar-refractivity contribution >= 4 is 50.9 Å². The lowest BCUT2D eigenvalue weighted by Crippen LogP contribution is -2.17. The monoisotopic (exact) mass is 540 g/mol. The molecule has 0 fully saturated rings. The number of nitrogens with one attached hydrogen (secondary N) is 1. The third kappa shape index (κ3) is 6.70. The van der Waals surface area contributed by atoms with E-state index in [4.69, 9.17) is 16.3 Å². The molecule has 3 aromatic rings. The zero-order chi connectivity index (χ0) is 23.3. The Kier molecular flexibility index (Phi) is 8.56. The highest BCUT2D eigenvalue weighted by Crippen LogP contribution is 2.27. The molecule has 10 heteroatoms. The van der Waals surface area contributed by atoms with E-state index in [0.717, 1.165) is 4.47 Å². The van der Waals surface area contributed by atoms with Crippen LogP contribution in [0, 0.1) is 11.7 Å². The summed E-state index contributed by atoms with van der Waals surface area (Å²) >= 11 is 10.7. The summed E-state index contributed by atoms with van der Waals surface area (Å²) in [7, 11) is 0. The van der Waals surface area contributed by atoms with Crippen molar-refractivity contribution in [2.45, 2.75) is 38.6 Å². The Bertz CT molecular complexity index is 1080. The van der Waals surface area contributed by atoms with Gasteiger partial charge in [0.2, 0.25) is 5.91 Å². The van der Waals surface area contributed by atoms with Gasteiger partial charge >= 0.3 is 0 Å². The normalized spacial score (nSPS) is 12.1. The number of aromatic nitrogens is 3. The first-order valence-corrected chi connectivity index (χ1v) is 12.1. The number of hydrogen-bond donors (Lipinski definition) is 1. The summed E-state index contributed by atoms with van der Waals surface area (Å²) in [6.07, 6.45) is -0.403. The van der Waals surface area contributed by atoms with Gasteiger partial charge in [-0.25, -0.2) is 4.39 Å². The summed E-state index contributed by atoms with van der Waals surface area (Å²) in [6.45, 7) is 6.72. The lowest BCUT2D eigenvalue weighted by atomic mass is 10.2. The van der Waals surface area contributed by atoms with E-state index in [-0.39, 0.29) is 17.5 Å². The van der Waals surface area contributed by atoms with Gasteiger partial charge in [0.1, 0.15) is 11.6 Å². The van der Waals surface area contributed by atoms with E-state index < -0.39 is 6.10 Å². The predicted molar refractivity (Wildman–Crippen MR) is 129 cm³/mol. The minimum Gasteiger partial charge on any atom is -0.483 e. The molecule has 1 atom stereocenters. The fraction of sp³-hybridized carbons (Fsp3) is 0.318. The zero-order valence-corrected chi connectivity index (χ0v) is 21.0. The minimum absolute atomic E-state index is 0.164. The van der Waals surface area contributed by atoms with Crippen LogP contribution in [0.4, 0.5) is 10.1 Å². The van der Waals surface area contributed by atoms with Crippen LogP contribution in [-0.4, -0.2) is 26.4 Å². The highest BCUT2D eigenvalue weighted by Gasteiger charge is 2.21. The fourth-order valence-electron chi connectivity index (χ4n) is 2.92. The predicted octanol–water partition coefficient (Wildman–Crippen LogP) is 6.36. The molecule has 32 heavy (non-hydrogen) atoms. The van der Waals surface area contributed by atoms with Crippen molar-refractivity contribution in [1.29, 1.82) is 0 Å². The maximum atomic E-state index is 13.2. The second-order valence-electron chi connectivity index (χ2n) is 7.52. The quantitative estimate of drug-likeness (QED) is 0.319. The van der Waals surface area contributed by atoms with Crippen molar-refractivity contribution in [3.8, 4) is 5.75 Å². The minimum atomic E-state index is -0.403. The van der Waals surface area contributed by atoms with Crippen LogP contribution >= 0.6 is 39.3 Å². The van der Waals surface area contributed by atoms with Crippen LogP contribution in [0.1, 0.15) is 32.7 Å². The first kappa shape index (κ1) is 24.5. The Morgan fingerprint density at radius 1 is 1.22 bits per heavy atom. The van der Waals surface area contributed by atoms with E-state index in [1.807, 2.05) is 11.5 Å². The molecule has 0 aliphatic carbocycles. The Hall–Kier alpha value is -2.10. The smallest absolute Gasteiger partial charge is 0.234 e. The van der Waals surface area contributed by atoms with Gasteiger partial charge in [-0.15, -0.1) is 10.2 Å². The van der Waals surface area contributed by atoms with Crippen molar-refractivity contribution in [3.05, 3.63) is 63.6 Å². The topological polar surface area (TPSA) is 69.0 Å². The van der Waals surface area contributed by atoms with Crippen LogP contribution in [0.15, 0.2) is 52.1 Å². The molecule has 0 radical (unpaired) electrons. The molecular formula is C22H23BrClFN4O2S. The van der Waals surface area contributed by atoms with Gasteiger partial charge in [-0.3, -0.25) is 4.79 Å². The molecule has 1 unspecified atom stereocenters. The molecule has 2 aromatic carbocycles. The SMILES string of the molecule is CC(C)Cn1c(SCC(=O)Nc2ccc(Br)c(Cl)c2)nnc1C(C)Oc1ccc(F)cc1. The van der Waals surface area contributed by atoms with Gasteiger partial charge < -0.3 is 14.6 Å². The second kappa shape index (κ2) is 11.2. The maximum absolute atomic E-state index is 13.2. The van der Waals surface area contributed by atoms with E-state index in [9.17, 15) is 9.18 Å².